The number of benzene rings is 1. The van der Waals surface area contributed by atoms with Crippen molar-refractivity contribution in [1.29, 1.82) is 0 Å². The van der Waals surface area contributed by atoms with Crippen molar-refractivity contribution in [3.8, 4) is 5.69 Å². The number of hydrogen-bond acceptors (Lipinski definition) is 7. The smallest absolute Gasteiger partial charge is 0.432 e. The molecule has 0 spiro atoms. The van der Waals surface area contributed by atoms with Gasteiger partial charge in [0, 0.05) is 12.1 Å². The number of carbonyl (C=O) groups is 2. The maximum absolute atomic E-state index is 14.4. The summed E-state index contributed by atoms with van der Waals surface area (Å²) in [4.78, 5) is 35.3. The number of nitro benzene ring substituents is 1. The number of rotatable bonds is 6. The third-order valence-corrected chi connectivity index (χ3v) is 5.55. The Hall–Kier alpha value is -3.64. The number of esters is 2. The number of ether oxygens (including phenoxy) is 2. The molecule has 0 unspecified atom stereocenters. The number of alkyl halides is 3. The molecule has 0 radical (unpaired) electrons. The Morgan fingerprint density at radius 2 is 1.68 bits per heavy atom. The van der Waals surface area contributed by atoms with Crippen molar-refractivity contribution >= 4 is 23.4 Å². The molecule has 1 saturated carbocycles. The minimum absolute atomic E-state index is 0.354. The number of nitro groups is 1. The van der Waals surface area contributed by atoms with Crippen molar-refractivity contribution in [2.75, 3.05) is 19.5 Å². The standard InChI is InChI=1S/C21H21F4N3O6/c1-33-19(29)15-16(20(30)34-2)18(26-11-6-4-3-5-7-11)27(17(15)21(23,24)25)12-8-9-13(22)14(10-12)28(31)32/h8-11,26H,3-7H2,1-2H3. The summed E-state index contributed by atoms with van der Waals surface area (Å²) in [5.41, 5.74) is -5.04. The molecule has 0 bridgehead atoms. The summed E-state index contributed by atoms with van der Waals surface area (Å²) in [6.45, 7) is 0. The van der Waals surface area contributed by atoms with E-state index in [0.29, 0.717) is 29.5 Å². The van der Waals surface area contributed by atoms with E-state index in [0.717, 1.165) is 39.5 Å². The number of nitrogens with one attached hydrogen (secondary N) is 1. The topological polar surface area (TPSA) is 113 Å². The van der Waals surface area contributed by atoms with Crippen LogP contribution in [-0.4, -0.2) is 41.7 Å². The molecular formula is C21H21F4N3O6. The lowest BCUT2D eigenvalue weighted by Gasteiger charge is -2.26. The van der Waals surface area contributed by atoms with Crippen LogP contribution in [0.3, 0.4) is 0 Å². The van der Waals surface area contributed by atoms with Gasteiger partial charge in [-0.25, -0.2) is 9.59 Å². The molecule has 1 heterocycles. The van der Waals surface area contributed by atoms with Gasteiger partial charge in [-0.1, -0.05) is 19.3 Å². The highest BCUT2D eigenvalue weighted by Gasteiger charge is 2.46. The lowest BCUT2D eigenvalue weighted by atomic mass is 9.95. The molecule has 1 aromatic heterocycles. The van der Waals surface area contributed by atoms with E-state index in [1.54, 1.807) is 0 Å². The second kappa shape index (κ2) is 9.69. The highest BCUT2D eigenvalue weighted by Crippen LogP contribution is 2.43. The fourth-order valence-electron chi connectivity index (χ4n) is 4.06. The van der Waals surface area contributed by atoms with Crippen LogP contribution in [0.15, 0.2) is 18.2 Å². The Kier molecular flexibility index (Phi) is 7.12. The zero-order valence-electron chi connectivity index (χ0n) is 18.2. The van der Waals surface area contributed by atoms with Gasteiger partial charge in [0.2, 0.25) is 5.82 Å². The molecule has 0 saturated heterocycles. The van der Waals surface area contributed by atoms with Crippen molar-refractivity contribution in [3.05, 3.63) is 51.0 Å². The van der Waals surface area contributed by atoms with Gasteiger partial charge in [0.15, 0.2) is 0 Å². The fourth-order valence-corrected chi connectivity index (χ4v) is 4.06. The quantitative estimate of drug-likeness (QED) is 0.268. The predicted octanol–water partition coefficient (Wildman–Crippen LogP) is 4.86. The molecule has 34 heavy (non-hydrogen) atoms. The summed E-state index contributed by atoms with van der Waals surface area (Å²) in [7, 11) is 1.78. The molecule has 0 aliphatic heterocycles. The normalized spacial score (nSPS) is 14.5. The van der Waals surface area contributed by atoms with Gasteiger partial charge in [0.25, 0.3) is 0 Å². The van der Waals surface area contributed by atoms with Gasteiger partial charge in [-0.2, -0.15) is 17.6 Å². The van der Waals surface area contributed by atoms with Crippen LogP contribution < -0.4 is 5.32 Å². The van der Waals surface area contributed by atoms with E-state index in [9.17, 15) is 37.3 Å². The number of halogens is 4. The molecular weight excluding hydrogens is 466 g/mol. The molecule has 1 aliphatic carbocycles. The largest absolute Gasteiger partial charge is 0.465 e. The Bertz CT molecular complexity index is 1120. The van der Waals surface area contributed by atoms with Gasteiger partial charge in [-0.3, -0.25) is 14.7 Å². The maximum Gasteiger partial charge on any atom is 0.432 e. The first-order valence-corrected chi connectivity index (χ1v) is 10.2. The van der Waals surface area contributed by atoms with Crippen LogP contribution in [0.4, 0.5) is 29.1 Å². The lowest BCUT2D eigenvalue weighted by molar-refractivity contribution is -0.387. The summed E-state index contributed by atoms with van der Waals surface area (Å²) in [6.07, 6.45) is -1.58. The first-order chi connectivity index (χ1) is 16.0. The molecule has 1 aromatic carbocycles. The number of anilines is 1. The van der Waals surface area contributed by atoms with Crippen molar-refractivity contribution in [2.24, 2.45) is 0 Å². The highest BCUT2D eigenvalue weighted by molar-refractivity contribution is 6.08. The van der Waals surface area contributed by atoms with E-state index in [2.05, 4.69) is 14.8 Å². The van der Waals surface area contributed by atoms with Gasteiger partial charge in [-0.15, -0.1) is 0 Å². The fraction of sp³-hybridized carbons (Fsp3) is 0.429. The summed E-state index contributed by atoms with van der Waals surface area (Å²) < 4.78 is 66.7. The third-order valence-electron chi connectivity index (χ3n) is 5.55. The van der Waals surface area contributed by atoms with Crippen molar-refractivity contribution in [1.82, 2.24) is 4.57 Å². The number of hydrogen-bond donors (Lipinski definition) is 1. The van der Waals surface area contributed by atoms with Crippen molar-refractivity contribution < 1.29 is 41.5 Å². The summed E-state index contributed by atoms with van der Waals surface area (Å²) in [6, 6.07) is 1.76. The molecule has 0 amide bonds. The Morgan fingerprint density at radius 3 is 2.21 bits per heavy atom. The van der Waals surface area contributed by atoms with E-state index < -0.39 is 62.9 Å². The maximum atomic E-state index is 14.4. The average Bonchev–Trinajstić information content (AvgIpc) is 3.14. The van der Waals surface area contributed by atoms with E-state index >= 15 is 0 Å². The van der Waals surface area contributed by atoms with Crippen LogP contribution >= 0.6 is 0 Å². The minimum atomic E-state index is -5.22. The van der Waals surface area contributed by atoms with E-state index in [1.807, 2.05) is 0 Å². The predicted molar refractivity (Wildman–Crippen MR) is 111 cm³/mol. The number of aromatic nitrogens is 1. The molecule has 1 fully saturated rings. The number of carbonyl (C=O) groups excluding carboxylic acids is 2. The SMILES string of the molecule is COC(=O)c1c(C(=O)OC)c(C(F)(F)F)n(-c2ccc(F)c([N+](=O)[O-])c2)c1NC1CCCCC1. The zero-order chi connectivity index (χ0) is 25.2. The Balaban J connectivity index is 2.44. The molecule has 0 atom stereocenters. The average molecular weight is 487 g/mol. The van der Waals surface area contributed by atoms with Crippen LogP contribution in [0.5, 0.6) is 0 Å². The summed E-state index contributed by atoms with van der Waals surface area (Å²) in [5.74, 6) is -4.43. The van der Waals surface area contributed by atoms with Gasteiger partial charge >= 0.3 is 23.8 Å². The van der Waals surface area contributed by atoms with E-state index in [-0.39, 0.29) is 6.04 Å². The van der Waals surface area contributed by atoms with Crippen LogP contribution in [0.1, 0.15) is 58.5 Å². The van der Waals surface area contributed by atoms with Crippen LogP contribution in [0, 0.1) is 15.9 Å². The molecule has 13 heteroatoms. The van der Waals surface area contributed by atoms with Crippen LogP contribution in [0.2, 0.25) is 0 Å². The summed E-state index contributed by atoms with van der Waals surface area (Å²) >= 11 is 0. The second-order valence-electron chi connectivity index (χ2n) is 7.64. The first kappa shape index (κ1) is 25.0. The number of nitrogens with zero attached hydrogens (tertiary/aromatic N) is 2. The molecule has 1 N–H and O–H groups in total. The monoisotopic (exact) mass is 487 g/mol. The zero-order valence-corrected chi connectivity index (χ0v) is 18.2. The molecule has 2 aromatic rings. The third kappa shape index (κ3) is 4.68. The Morgan fingerprint density at radius 1 is 1.09 bits per heavy atom. The molecule has 184 valence electrons. The second-order valence-corrected chi connectivity index (χ2v) is 7.64. The van der Waals surface area contributed by atoms with Crippen LogP contribution in [-0.2, 0) is 15.7 Å². The van der Waals surface area contributed by atoms with E-state index in [4.69, 9.17) is 0 Å². The van der Waals surface area contributed by atoms with Gasteiger partial charge in [-0.05, 0) is 25.0 Å². The molecule has 3 rings (SSSR count). The van der Waals surface area contributed by atoms with Crippen molar-refractivity contribution in [3.63, 3.8) is 0 Å². The van der Waals surface area contributed by atoms with Crippen LogP contribution in [0.25, 0.3) is 5.69 Å². The molecule has 1 aliphatic rings. The van der Waals surface area contributed by atoms with E-state index in [1.165, 1.54) is 0 Å². The summed E-state index contributed by atoms with van der Waals surface area (Å²) in [5, 5.41) is 14.1. The molecule has 9 nitrogen and oxygen atoms in total. The lowest BCUT2D eigenvalue weighted by Crippen LogP contribution is -2.25. The minimum Gasteiger partial charge on any atom is -0.465 e. The van der Waals surface area contributed by atoms with Gasteiger partial charge in [0.05, 0.1) is 24.8 Å². The first-order valence-electron chi connectivity index (χ1n) is 10.2. The van der Waals surface area contributed by atoms with Crippen molar-refractivity contribution in [2.45, 2.75) is 44.3 Å². The highest BCUT2D eigenvalue weighted by atomic mass is 19.4. The Labute approximate surface area is 190 Å². The van der Waals surface area contributed by atoms with Gasteiger partial charge < -0.3 is 14.8 Å². The van der Waals surface area contributed by atoms with Gasteiger partial charge in [0.1, 0.15) is 22.6 Å². The number of methoxy groups -OCH3 is 2.